The lowest BCUT2D eigenvalue weighted by Gasteiger charge is -2.11. The molecular weight excluding hydrogens is 326 g/mol. The molecule has 0 radical (unpaired) electrons. The fourth-order valence-corrected chi connectivity index (χ4v) is 2.96. The van der Waals surface area contributed by atoms with Crippen LogP contribution in [0.4, 0.5) is 5.69 Å². The van der Waals surface area contributed by atoms with Gasteiger partial charge in [0, 0.05) is 35.3 Å². The Balaban J connectivity index is 1.61. The van der Waals surface area contributed by atoms with E-state index in [0.29, 0.717) is 18.8 Å². The van der Waals surface area contributed by atoms with Gasteiger partial charge >= 0.3 is 0 Å². The average molecular weight is 345 g/mol. The zero-order valence-corrected chi connectivity index (χ0v) is 14.1. The first-order valence-electron chi connectivity index (χ1n) is 8.34. The summed E-state index contributed by atoms with van der Waals surface area (Å²) >= 11 is 0. The second-order valence-electron chi connectivity index (χ2n) is 6.05. The first kappa shape index (κ1) is 16.0. The topological polar surface area (TPSA) is 89.0 Å². The van der Waals surface area contributed by atoms with Crippen molar-refractivity contribution in [1.82, 2.24) is 9.78 Å². The third-order valence-electron chi connectivity index (χ3n) is 4.32. The van der Waals surface area contributed by atoms with Gasteiger partial charge in [0.15, 0.2) is 0 Å². The molecule has 1 aromatic heterocycles. The Labute approximate surface area is 151 Å². The molecule has 0 saturated heterocycles. The maximum absolute atomic E-state index is 7.31. The molecule has 4 rings (SSSR count). The van der Waals surface area contributed by atoms with Crippen molar-refractivity contribution in [2.24, 2.45) is 5.73 Å². The number of aromatic nitrogens is 2. The van der Waals surface area contributed by atoms with Crippen molar-refractivity contribution in [3.8, 4) is 17.0 Å². The molecule has 0 spiro atoms. The highest BCUT2D eigenvalue weighted by Gasteiger charge is 2.17. The Kier molecular flexibility index (Phi) is 4.15. The Morgan fingerprint density at radius 3 is 2.81 bits per heavy atom. The number of ether oxygens (including phenoxy) is 1. The van der Waals surface area contributed by atoms with Gasteiger partial charge in [-0.25, -0.2) is 0 Å². The van der Waals surface area contributed by atoms with Gasteiger partial charge in [-0.3, -0.25) is 4.68 Å². The first-order chi connectivity index (χ1) is 12.8. The van der Waals surface area contributed by atoms with E-state index in [1.807, 2.05) is 41.1 Å². The van der Waals surface area contributed by atoms with E-state index in [9.17, 15) is 0 Å². The third-order valence-corrected chi connectivity index (χ3v) is 4.32. The molecule has 4 N–H and O–H groups in total. The Bertz CT molecular complexity index is 975. The average Bonchev–Trinajstić information content (AvgIpc) is 3.01. The third kappa shape index (κ3) is 3.04. The SMILES string of the molecule is N=CC(=CN)Nc1ccc2c(c1)OCc1cc(-c3ccccc3)nn1C2. The van der Waals surface area contributed by atoms with Crippen LogP contribution < -0.4 is 15.8 Å². The van der Waals surface area contributed by atoms with E-state index < -0.39 is 0 Å². The van der Waals surface area contributed by atoms with Crippen molar-refractivity contribution in [1.29, 1.82) is 5.41 Å². The van der Waals surface area contributed by atoms with Crippen molar-refractivity contribution < 1.29 is 4.74 Å². The number of nitrogens with zero attached hydrogens (tertiary/aromatic N) is 2. The molecular formula is C20H19N5O. The molecule has 2 aromatic carbocycles. The smallest absolute Gasteiger partial charge is 0.130 e. The van der Waals surface area contributed by atoms with Crippen LogP contribution >= 0.6 is 0 Å². The van der Waals surface area contributed by atoms with Crippen molar-refractivity contribution >= 4 is 11.9 Å². The molecule has 0 aliphatic carbocycles. The van der Waals surface area contributed by atoms with Crippen LogP contribution in [0.2, 0.25) is 0 Å². The van der Waals surface area contributed by atoms with Crippen molar-refractivity contribution in [3.63, 3.8) is 0 Å². The summed E-state index contributed by atoms with van der Waals surface area (Å²) in [6.45, 7) is 1.11. The molecule has 0 bridgehead atoms. The summed E-state index contributed by atoms with van der Waals surface area (Å²) in [5.41, 5.74) is 11.0. The molecule has 1 aliphatic heterocycles. The highest BCUT2D eigenvalue weighted by atomic mass is 16.5. The lowest BCUT2D eigenvalue weighted by Crippen LogP contribution is -2.04. The van der Waals surface area contributed by atoms with E-state index >= 15 is 0 Å². The molecule has 0 fully saturated rings. The molecule has 1 aliphatic rings. The van der Waals surface area contributed by atoms with E-state index in [1.54, 1.807) is 0 Å². The van der Waals surface area contributed by atoms with E-state index in [2.05, 4.69) is 23.5 Å². The van der Waals surface area contributed by atoms with Gasteiger partial charge in [0.1, 0.15) is 12.4 Å². The number of fused-ring (bicyclic) bond motifs is 2. The molecule has 2 heterocycles. The van der Waals surface area contributed by atoms with Crippen LogP contribution in [-0.4, -0.2) is 16.0 Å². The number of rotatable bonds is 4. The summed E-state index contributed by atoms with van der Waals surface area (Å²) in [6, 6.07) is 18.1. The summed E-state index contributed by atoms with van der Waals surface area (Å²) in [4.78, 5) is 0. The standard InChI is InChI=1S/C20H19N5O/c21-10-17(11-22)23-16-7-6-15-12-25-18(13-26-20(15)8-16)9-19(24-25)14-4-2-1-3-5-14/h1-11,21,23H,12-13,22H2. The predicted molar refractivity (Wildman–Crippen MR) is 102 cm³/mol. The van der Waals surface area contributed by atoms with Gasteiger partial charge in [-0.1, -0.05) is 36.4 Å². The van der Waals surface area contributed by atoms with Crippen LogP contribution in [-0.2, 0) is 13.2 Å². The van der Waals surface area contributed by atoms with Gasteiger partial charge in [0.05, 0.1) is 23.6 Å². The lowest BCUT2D eigenvalue weighted by atomic mass is 10.1. The van der Waals surface area contributed by atoms with Crippen LogP contribution in [0.15, 0.2) is 66.5 Å². The van der Waals surface area contributed by atoms with Crippen molar-refractivity contribution in [2.45, 2.75) is 13.2 Å². The molecule has 0 saturated carbocycles. The molecule has 26 heavy (non-hydrogen) atoms. The van der Waals surface area contributed by atoms with Gasteiger partial charge in [-0.2, -0.15) is 5.10 Å². The zero-order chi connectivity index (χ0) is 17.9. The van der Waals surface area contributed by atoms with E-state index in [4.69, 9.17) is 21.0 Å². The van der Waals surface area contributed by atoms with E-state index in [0.717, 1.165) is 34.0 Å². The van der Waals surface area contributed by atoms with Crippen molar-refractivity contribution in [3.05, 3.63) is 77.8 Å². The van der Waals surface area contributed by atoms with Gasteiger partial charge in [-0.15, -0.1) is 0 Å². The minimum atomic E-state index is 0.459. The summed E-state index contributed by atoms with van der Waals surface area (Å²) in [5.74, 6) is 0.808. The normalized spacial score (nSPS) is 13.2. The Morgan fingerprint density at radius 2 is 2.04 bits per heavy atom. The number of hydrogen-bond acceptors (Lipinski definition) is 5. The second kappa shape index (κ2) is 6.76. The maximum Gasteiger partial charge on any atom is 0.130 e. The van der Waals surface area contributed by atoms with Gasteiger partial charge in [0.2, 0.25) is 0 Å². The summed E-state index contributed by atoms with van der Waals surface area (Å²) < 4.78 is 8.00. The Morgan fingerprint density at radius 1 is 1.19 bits per heavy atom. The van der Waals surface area contributed by atoms with E-state index in [1.165, 1.54) is 12.4 Å². The maximum atomic E-state index is 7.31. The number of allylic oxidation sites excluding steroid dienone is 1. The number of nitrogens with two attached hydrogens (primary N) is 1. The van der Waals surface area contributed by atoms with Gasteiger partial charge in [0.25, 0.3) is 0 Å². The molecule has 6 heteroatoms. The molecule has 3 aromatic rings. The summed E-state index contributed by atoms with van der Waals surface area (Å²) in [6.07, 6.45) is 2.54. The van der Waals surface area contributed by atoms with Crippen LogP contribution in [0.5, 0.6) is 5.75 Å². The molecule has 6 nitrogen and oxygen atoms in total. The number of anilines is 1. The second-order valence-corrected chi connectivity index (χ2v) is 6.05. The van der Waals surface area contributed by atoms with E-state index in [-0.39, 0.29) is 0 Å². The van der Waals surface area contributed by atoms with Gasteiger partial charge < -0.3 is 21.2 Å². The zero-order valence-electron chi connectivity index (χ0n) is 14.1. The number of hydrogen-bond donors (Lipinski definition) is 3. The predicted octanol–water partition coefficient (Wildman–Crippen LogP) is 3.35. The minimum absolute atomic E-state index is 0.459. The monoisotopic (exact) mass is 345 g/mol. The highest BCUT2D eigenvalue weighted by molar-refractivity contribution is 5.80. The Hall–Kier alpha value is -3.54. The lowest BCUT2D eigenvalue weighted by molar-refractivity contribution is 0.302. The first-order valence-corrected chi connectivity index (χ1v) is 8.34. The number of nitrogens with one attached hydrogen (secondary N) is 2. The number of benzene rings is 2. The van der Waals surface area contributed by atoms with Crippen LogP contribution in [0.25, 0.3) is 11.3 Å². The minimum Gasteiger partial charge on any atom is -0.487 e. The molecule has 0 unspecified atom stereocenters. The fourth-order valence-electron chi connectivity index (χ4n) is 2.96. The largest absolute Gasteiger partial charge is 0.487 e. The molecule has 130 valence electrons. The van der Waals surface area contributed by atoms with Crippen LogP contribution in [0, 0.1) is 5.41 Å². The molecule has 0 amide bonds. The quantitative estimate of drug-likeness (QED) is 0.633. The summed E-state index contributed by atoms with van der Waals surface area (Å²) in [7, 11) is 0. The summed E-state index contributed by atoms with van der Waals surface area (Å²) in [5, 5.41) is 15.1. The van der Waals surface area contributed by atoms with Crippen molar-refractivity contribution in [2.75, 3.05) is 5.32 Å². The fraction of sp³-hybridized carbons (Fsp3) is 0.100. The van der Waals surface area contributed by atoms with Crippen LogP contribution in [0.3, 0.4) is 0 Å². The molecule has 0 atom stereocenters. The van der Waals surface area contributed by atoms with Crippen LogP contribution in [0.1, 0.15) is 11.3 Å². The van der Waals surface area contributed by atoms with Gasteiger partial charge in [-0.05, 0) is 12.1 Å². The highest BCUT2D eigenvalue weighted by Crippen LogP contribution is 2.30.